The first-order chi connectivity index (χ1) is 8.15. The van der Waals surface area contributed by atoms with Gasteiger partial charge in [0.1, 0.15) is 0 Å². The van der Waals surface area contributed by atoms with Crippen LogP contribution < -0.4 is 10.6 Å². The van der Waals surface area contributed by atoms with Crippen LogP contribution in [0.15, 0.2) is 29.6 Å². The summed E-state index contributed by atoms with van der Waals surface area (Å²) >= 11 is 1.72. The molecule has 1 heterocycles. The Morgan fingerprint density at radius 2 is 2.18 bits per heavy atom. The van der Waals surface area contributed by atoms with Crippen LogP contribution in [0.5, 0.6) is 0 Å². The van der Waals surface area contributed by atoms with Crippen LogP contribution in [-0.4, -0.2) is 18.5 Å². The fourth-order valence-electron chi connectivity index (χ4n) is 1.63. The highest BCUT2D eigenvalue weighted by molar-refractivity contribution is 7.17. The van der Waals surface area contributed by atoms with E-state index in [-0.39, 0.29) is 11.9 Å². The highest BCUT2D eigenvalue weighted by atomic mass is 32.1. The second-order valence-electron chi connectivity index (χ2n) is 4.25. The second kappa shape index (κ2) is 5.19. The summed E-state index contributed by atoms with van der Waals surface area (Å²) in [5.74, 6) is 0.0189. The predicted molar refractivity (Wildman–Crippen MR) is 73.6 cm³/mol. The van der Waals surface area contributed by atoms with Crippen molar-refractivity contribution in [1.82, 2.24) is 5.32 Å². The molecule has 2 aromatic rings. The summed E-state index contributed by atoms with van der Waals surface area (Å²) in [6.07, 6.45) is 0. The standard InChI is InChI=1S/C13H16N2OS/c1-9(2)15-13(16)8-14-11-3-4-12-10(7-11)5-6-17-12/h3-7,9,14H,8H2,1-2H3,(H,15,16). The Morgan fingerprint density at radius 3 is 2.94 bits per heavy atom. The van der Waals surface area contributed by atoms with Gasteiger partial charge >= 0.3 is 0 Å². The minimum Gasteiger partial charge on any atom is -0.376 e. The third-order valence-corrected chi connectivity index (χ3v) is 3.25. The molecule has 0 fully saturated rings. The number of benzene rings is 1. The van der Waals surface area contributed by atoms with E-state index in [9.17, 15) is 4.79 Å². The average Bonchev–Trinajstić information content (AvgIpc) is 2.72. The van der Waals surface area contributed by atoms with Crippen molar-refractivity contribution >= 4 is 33.0 Å². The Bertz CT molecular complexity index is 519. The van der Waals surface area contributed by atoms with Crippen LogP contribution in [-0.2, 0) is 4.79 Å². The van der Waals surface area contributed by atoms with E-state index in [1.165, 1.54) is 10.1 Å². The molecule has 1 amide bonds. The third-order valence-electron chi connectivity index (χ3n) is 2.36. The van der Waals surface area contributed by atoms with Gasteiger partial charge in [-0.2, -0.15) is 0 Å². The molecule has 90 valence electrons. The maximum absolute atomic E-state index is 11.5. The Kier molecular flexibility index (Phi) is 3.64. The monoisotopic (exact) mass is 248 g/mol. The van der Waals surface area contributed by atoms with Crippen molar-refractivity contribution in [2.75, 3.05) is 11.9 Å². The molecular weight excluding hydrogens is 232 g/mol. The predicted octanol–water partition coefficient (Wildman–Crippen LogP) is 2.84. The second-order valence-corrected chi connectivity index (χ2v) is 5.20. The number of amides is 1. The molecule has 0 aliphatic carbocycles. The summed E-state index contributed by atoms with van der Waals surface area (Å²) in [7, 11) is 0. The van der Waals surface area contributed by atoms with E-state index in [0.29, 0.717) is 6.54 Å². The highest BCUT2D eigenvalue weighted by Gasteiger charge is 2.03. The molecule has 2 rings (SSSR count). The van der Waals surface area contributed by atoms with Gasteiger partial charge in [-0.15, -0.1) is 11.3 Å². The van der Waals surface area contributed by atoms with Crippen LogP contribution in [0.25, 0.3) is 10.1 Å². The van der Waals surface area contributed by atoms with Gasteiger partial charge in [0, 0.05) is 16.4 Å². The van der Waals surface area contributed by atoms with Crippen LogP contribution in [0.1, 0.15) is 13.8 Å². The van der Waals surface area contributed by atoms with Crippen LogP contribution >= 0.6 is 11.3 Å². The summed E-state index contributed by atoms with van der Waals surface area (Å²) < 4.78 is 1.27. The molecule has 0 saturated heterocycles. The van der Waals surface area contributed by atoms with Gasteiger partial charge in [0.15, 0.2) is 0 Å². The Balaban J connectivity index is 1.96. The van der Waals surface area contributed by atoms with Gasteiger partial charge < -0.3 is 10.6 Å². The number of anilines is 1. The highest BCUT2D eigenvalue weighted by Crippen LogP contribution is 2.23. The van der Waals surface area contributed by atoms with E-state index in [0.717, 1.165) is 5.69 Å². The van der Waals surface area contributed by atoms with E-state index in [1.54, 1.807) is 11.3 Å². The lowest BCUT2D eigenvalue weighted by molar-refractivity contribution is -0.119. The molecule has 0 atom stereocenters. The van der Waals surface area contributed by atoms with Crippen molar-refractivity contribution in [3.8, 4) is 0 Å². The zero-order valence-corrected chi connectivity index (χ0v) is 10.8. The topological polar surface area (TPSA) is 41.1 Å². The number of fused-ring (bicyclic) bond motifs is 1. The zero-order chi connectivity index (χ0) is 12.3. The SMILES string of the molecule is CC(C)NC(=O)CNc1ccc2sccc2c1. The van der Waals surface area contributed by atoms with Gasteiger partial charge in [0.2, 0.25) is 5.91 Å². The smallest absolute Gasteiger partial charge is 0.239 e. The van der Waals surface area contributed by atoms with Crippen LogP contribution in [0.3, 0.4) is 0 Å². The van der Waals surface area contributed by atoms with Gasteiger partial charge in [-0.05, 0) is 48.9 Å². The fourth-order valence-corrected chi connectivity index (χ4v) is 2.40. The Morgan fingerprint density at radius 1 is 1.35 bits per heavy atom. The molecule has 0 spiro atoms. The molecular formula is C13H16N2OS. The molecule has 0 saturated carbocycles. The molecule has 0 bridgehead atoms. The van der Waals surface area contributed by atoms with E-state index in [4.69, 9.17) is 0 Å². The summed E-state index contributed by atoms with van der Waals surface area (Å²) in [5, 5.41) is 9.25. The molecule has 0 aliphatic rings. The molecule has 0 aliphatic heterocycles. The minimum absolute atomic E-state index is 0.0189. The first-order valence-electron chi connectivity index (χ1n) is 5.65. The Labute approximate surface area is 105 Å². The van der Waals surface area contributed by atoms with E-state index in [1.807, 2.05) is 19.9 Å². The third kappa shape index (κ3) is 3.20. The zero-order valence-electron chi connectivity index (χ0n) is 9.99. The first kappa shape index (κ1) is 11.9. The number of thiophene rings is 1. The lowest BCUT2D eigenvalue weighted by Crippen LogP contribution is -2.34. The van der Waals surface area contributed by atoms with Crippen molar-refractivity contribution in [2.45, 2.75) is 19.9 Å². The number of hydrogen-bond donors (Lipinski definition) is 2. The Hall–Kier alpha value is -1.55. The number of hydrogen-bond acceptors (Lipinski definition) is 3. The van der Waals surface area contributed by atoms with Gasteiger partial charge in [-0.25, -0.2) is 0 Å². The molecule has 3 nitrogen and oxygen atoms in total. The van der Waals surface area contributed by atoms with Gasteiger partial charge in [0.25, 0.3) is 0 Å². The van der Waals surface area contributed by atoms with E-state index >= 15 is 0 Å². The number of rotatable bonds is 4. The number of carbonyl (C=O) groups excluding carboxylic acids is 1. The molecule has 2 N–H and O–H groups in total. The average molecular weight is 248 g/mol. The normalized spacial score (nSPS) is 10.8. The maximum Gasteiger partial charge on any atom is 0.239 e. The van der Waals surface area contributed by atoms with Gasteiger partial charge in [-0.1, -0.05) is 0 Å². The van der Waals surface area contributed by atoms with Crippen molar-refractivity contribution in [3.05, 3.63) is 29.6 Å². The number of nitrogens with one attached hydrogen (secondary N) is 2. The van der Waals surface area contributed by atoms with Crippen molar-refractivity contribution in [3.63, 3.8) is 0 Å². The fraction of sp³-hybridized carbons (Fsp3) is 0.308. The number of carbonyl (C=O) groups is 1. The summed E-state index contributed by atoms with van der Waals surface area (Å²) in [4.78, 5) is 11.5. The molecule has 1 aromatic heterocycles. The molecule has 1 aromatic carbocycles. The van der Waals surface area contributed by atoms with Crippen LogP contribution in [0.2, 0.25) is 0 Å². The van der Waals surface area contributed by atoms with Crippen molar-refractivity contribution in [1.29, 1.82) is 0 Å². The van der Waals surface area contributed by atoms with Gasteiger partial charge in [-0.3, -0.25) is 4.79 Å². The summed E-state index contributed by atoms with van der Waals surface area (Å²) in [6, 6.07) is 8.40. The van der Waals surface area contributed by atoms with Crippen LogP contribution in [0.4, 0.5) is 5.69 Å². The quantitative estimate of drug-likeness (QED) is 0.873. The molecule has 17 heavy (non-hydrogen) atoms. The van der Waals surface area contributed by atoms with E-state index < -0.39 is 0 Å². The largest absolute Gasteiger partial charge is 0.376 e. The lowest BCUT2D eigenvalue weighted by Gasteiger charge is -2.10. The lowest BCUT2D eigenvalue weighted by atomic mass is 10.2. The maximum atomic E-state index is 11.5. The minimum atomic E-state index is 0.0189. The van der Waals surface area contributed by atoms with E-state index in [2.05, 4.69) is 34.2 Å². The van der Waals surface area contributed by atoms with Crippen LogP contribution in [0, 0.1) is 0 Å². The molecule has 0 unspecified atom stereocenters. The summed E-state index contributed by atoms with van der Waals surface area (Å²) in [5.41, 5.74) is 0.981. The first-order valence-corrected chi connectivity index (χ1v) is 6.53. The molecule has 0 radical (unpaired) electrons. The van der Waals surface area contributed by atoms with Crippen molar-refractivity contribution in [2.24, 2.45) is 0 Å². The molecule has 4 heteroatoms. The van der Waals surface area contributed by atoms with Crippen molar-refractivity contribution < 1.29 is 4.79 Å². The summed E-state index contributed by atoms with van der Waals surface area (Å²) in [6.45, 7) is 4.22. The van der Waals surface area contributed by atoms with Gasteiger partial charge in [0.05, 0.1) is 6.54 Å².